The molecule has 0 saturated carbocycles. The van der Waals surface area contributed by atoms with E-state index in [9.17, 15) is 5.11 Å². The first-order valence-corrected chi connectivity index (χ1v) is 5.89. The first-order valence-electron chi connectivity index (χ1n) is 5.89. The van der Waals surface area contributed by atoms with Crippen molar-refractivity contribution in [2.24, 2.45) is 5.92 Å². The zero-order valence-corrected chi connectivity index (χ0v) is 10.3. The van der Waals surface area contributed by atoms with Gasteiger partial charge >= 0.3 is 0 Å². The molecule has 1 heterocycles. The fourth-order valence-corrected chi connectivity index (χ4v) is 1.54. The molecular weight excluding hydrogens is 204 g/mol. The molecule has 1 aromatic rings. The minimum atomic E-state index is -0.393. The lowest BCUT2D eigenvalue weighted by Gasteiger charge is -2.12. The van der Waals surface area contributed by atoms with Crippen molar-refractivity contribution in [1.29, 1.82) is 0 Å². The van der Waals surface area contributed by atoms with E-state index >= 15 is 0 Å². The quantitative estimate of drug-likeness (QED) is 0.708. The van der Waals surface area contributed by atoms with E-state index in [1.165, 1.54) is 0 Å². The smallest absolute Gasteiger partial charge is 0.138 e. The van der Waals surface area contributed by atoms with E-state index in [-0.39, 0.29) is 0 Å². The summed E-state index contributed by atoms with van der Waals surface area (Å²) in [7, 11) is 0. The minimum Gasteiger partial charge on any atom is -0.391 e. The number of likely N-dealkylation sites (N-methyl/N-ethyl adjacent to an activating group) is 1. The Hall–Kier alpha value is -0.940. The van der Waals surface area contributed by atoms with Gasteiger partial charge in [0.15, 0.2) is 0 Å². The molecule has 5 heteroatoms. The number of aromatic nitrogens is 3. The molecule has 0 aliphatic heterocycles. The summed E-state index contributed by atoms with van der Waals surface area (Å²) in [6, 6.07) is 0. The Morgan fingerprint density at radius 2 is 2.25 bits per heavy atom. The molecule has 0 aromatic carbocycles. The van der Waals surface area contributed by atoms with E-state index in [2.05, 4.69) is 29.2 Å². The van der Waals surface area contributed by atoms with Gasteiger partial charge in [-0.1, -0.05) is 20.8 Å². The molecule has 0 aliphatic carbocycles. The fourth-order valence-electron chi connectivity index (χ4n) is 1.54. The van der Waals surface area contributed by atoms with Gasteiger partial charge in [0.05, 0.1) is 6.10 Å². The second-order valence-corrected chi connectivity index (χ2v) is 4.42. The van der Waals surface area contributed by atoms with Crippen molar-refractivity contribution in [2.75, 3.05) is 13.1 Å². The van der Waals surface area contributed by atoms with E-state index < -0.39 is 6.10 Å². The van der Waals surface area contributed by atoms with Crippen LogP contribution in [0, 0.1) is 5.92 Å². The fraction of sp³-hybridized carbons (Fsp3) is 0.818. The molecule has 0 fully saturated rings. The molecule has 0 saturated heterocycles. The Bertz CT molecular complexity index is 298. The van der Waals surface area contributed by atoms with E-state index in [0.29, 0.717) is 18.9 Å². The molecule has 0 bridgehead atoms. The van der Waals surface area contributed by atoms with Crippen LogP contribution < -0.4 is 5.32 Å². The van der Waals surface area contributed by atoms with E-state index in [4.69, 9.17) is 0 Å². The average Bonchev–Trinajstić information content (AvgIpc) is 2.62. The number of nitrogens with one attached hydrogen (secondary N) is 1. The molecule has 0 aliphatic rings. The van der Waals surface area contributed by atoms with E-state index in [1.54, 1.807) is 6.33 Å². The van der Waals surface area contributed by atoms with Crippen LogP contribution in [-0.4, -0.2) is 39.1 Å². The lowest BCUT2D eigenvalue weighted by atomic mass is 10.2. The Labute approximate surface area is 96.9 Å². The standard InChI is InChI=1S/C11H22N4O/c1-4-12-6-10(16)5-11-13-8-14-15(11)7-9(2)3/h8-10,12,16H,4-7H2,1-3H3. The van der Waals surface area contributed by atoms with E-state index in [0.717, 1.165) is 18.9 Å². The molecule has 92 valence electrons. The second-order valence-electron chi connectivity index (χ2n) is 4.42. The molecule has 0 amide bonds. The molecule has 1 aromatic heterocycles. The lowest BCUT2D eigenvalue weighted by Crippen LogP contribution is -2.29. The van der Waals surface area contributed by atoms with Crippen LogP contribution in [0.3, 0.4) is 0 Å². The number of hydrogen-bond donors (Lipinski definition) is 2. The Kier molecular flexibility index (Phi) is 5.42. The molecule has 1 atom stereocenters. The van der Waals surface area contributed by atoms with Crippen LogP contribution in [0.4, 0.5) is 0 Å². The third-order valence-corrected chi connectivity index (χ3v) is 2.28. The summed E-state index contributed by atoms with van der Waals surface area (Å²) in [5, 5.41) is 17.0. The van der Waals surface area contributed by atoms with Crippen LogP contribution in [-0.2, 0) is 13.0 Å². The maximum atomic E-state index is 9.77. The van der Waals surface area contributed by atoms with Gasteiger partial charge < -0.3 is 10.4 Å². The van der Waals surface area contributed by atoms with Gasteiger partial charge in [-0.15, -0.1) is 0 Å². The van der Waals surface area contributed by atoms with Crippen molar-refractivity contribution >= 4 is 0 Å². The summed E-state index contributed by atoms with van der Waals surface area (Å²) in [5.41, 5.74) is 0. The zero-order chi connectivity index (χ0) is 12.0. The van der Waals surface area contributed by atoms with Gasteiger partial charge in [-0.25, -0.2) is 9.67 Å². The van der Waals surface area contributed by atoms with Crippen molar-refractivity contribution in [3.05, 3.63) is 12.2 Å². The summed E-state index contributed by atoms with van der Waals surface area (Å²) < 4.78 is 1.87. The second kappa shape index (κ2) is 6.60. The Morgan fingerprint density at radius 3 is 2.88 bits per heavy atom. The van der Waals surface area contributed by atoms with Gasteiger partial charge in [-0.2, -0.15) is 5.10 Å². The van der Waals surface area contributed by atoms with Gasteiger partial charge in [0.2, 0.25) is 0 Å². The number of aliphatic hydroxyl groups is 1. The van der Waals surface area contributed by atoms with Crippen molar-refractivity contribution < 1.29 is 5.11 Å². The molecule has 5 nitrogen and oxygen atoms in total. The third-order valence-electron chi connectivity index (χ3n) is 2.28. The highest BCUT2D eigenvalue weighted by Gasteiger charge is 2.11. The molecule has 0 spiro atoms. The van der Waals surface area contributed by atoms with Crippen LogP contribution in [0.2, 0.25) is 0 Å². The molecule has 1 rings (SSSR count). The van der Waals surface area contributed by atoms with Crippen LogP contribution in [0.1, 0.15) is 26.6 Å². The molecule has 0 radical (unpaired) electrons. The van der Waals surface area contributed by atoms with Crippen molar-refractivity contribution in [1.82, 2.24) is 20.1 Å². The molecule has 2 N–H and O–H groups in total. The number of nitrogens with zero attached hydrogens (tertiary/aromatic N) is 3. The van der Waals surface area contributed by atoms with Gasteiger partial charge in [0, 0.05) is 19.5 Å². The first-order chi connectivity index (χ1) is 7.63. The van der Waals surface area contributed by atoms with Gasteiger partial charge in [-0.3, -0.25) is 0 Å². The highest BCUT2D eigenvalue weighted by Crippen LogP contribution is 2.03. The summed E-state index contributed by atoms with van der Waals surface area (Å²) in [6.45, 7) is 8.62. The van der Waals surface area contributed by atoms with Crippen LogP contribution >= 0.6 is 0 Å². The van der Waals surface area contributed by atoms with Crippen LogP contribution in [0.25, 0.3) is 0 Å². The van der Waals surface area contributed by atoms with E-state index in [1.807, 2.05) is 11.6 Å². The number of aliphatic hydroxyl groups excluding tert-OH is 1. The van der Waals surface area contributed by atoms with Gasteiger partial charge in [-0.05, 0) is 12.5 Å². The Morgan fingerprint density at radius 1 is 1.50 bits per heavy atom. The highest BCUT2D eigenvalue weighted by atomic mass is 16.3. The van der Waals surface area contributed by atoms with Gasteiger partial charge in [0.25, 0.3) is 0 Å². The van der Waals surface area contributed by atoms with Crippen molar-refractivity contribution in [3.8, 4) is 0 Å². The molecule has 16 heavy (non-hydrogen) atoms. The maximum Gasteiger partial charge on any atom is 0.138 e. The zero-order valence-electron chi connectivity index (χ0n) is 10.3. The van der Waals surface area contributed by atoms with Gasteiger partial charge in [0.1, 0.15) is 12.2 Å². The van der Waals surface area contributed by atoms with Crippen molar-refractivity contribution in [3.63, 3.8) is 0 Å². The minimum absolute atomic E-state index is 0.393. The third kappa shape index (κ3) is 4.28. The van der Waals surface area contributed by atoms with Crippen molar-refractivity contribution in [2.45, 2.75) is 39.8 Å². The predicted octanol–water partition coefficient (Wildman–Crippen LogP) is 0.447. The van der Waals surface area contributed by atoms with Crippen LogP contribution in [0.5, 0.6) is 0 Å². The maximum absolute atomic E-state index is 9.77. The Balaban J connectivity index is 2.49. The summed E-state index contributed by atoms with van der Waals surface area (Å²) in [5.74, 6) is 1.39. The summed E-state index contributed by atoms with van der Waals surface area (Å²) >= 11 is 0. The topological polar surface area (TPSA) is 63.0 Å². The molecule has 1 unspecified atom stereocenters. The lowest BCUT2D eigenvalue weighted by molar-refractivity contribution is 0.168. The normalized spacial score (nSPS) is 13.3. The number of hydrogen-bond acceptors (Lipinski definition) is 4. The SMILES string of the molecule is CCNCC(O)Cc1ncnn1CC(C)C. The molecular formula is C11H22N4O. The van der Waals surface area contributed by atoms with Crippen LogP contribution in [0.15, 0.2) is 6.33 Å². The number of rotatable bonds is 7. The first kappa shape index (κ1) is 13.1. The predicted molar refractivity (Wildman–Crippen MR) is 63.1 cm³/mol. The summed E-state index contributed by atoms with van der Waals surface area (Å²) in [4.78, 5) is 4.18. The summed E-state index contributed by atoms with van der Waals surface area (Å²) in [6.07, 6.45) is 1.72. The monoisotopic (exact) mass is 226 g/mol. The average molecular weight is 226 g/mol. The largest absolute Gasteiger partial charge is 0.391 e. The highest BCUT2D eigenvalue weighted by molar-refractivity contribution is 4.88.